The number of alkyl halides is 3. The molecule has 10 heteroatoms. The smallest absolute Gasteiger partial charge is 0.341 e. The van der Waals surface area contributed by atoms with Gasteiger partial charge in [-0.1, -0.05) is 6.92 Å². The molecule has 1 amide bonds. The molecule has 0 fully saturated rings. The minimum absolute atomic E-state index is 0.301. The van der Waals surface area contributed by atoms with Crippen molar-refractivity contribution in [3.05, 3.63) is 29.1 Å². The third-order valence-electron chi connectivity index (χ3n) is 3.66. The van der Waals surface area contributed by atoms with Gasteiger partial charge in [-0.2, -0.15) is 23.4 Å². The lowest BCUT2D eigenvalue weighted by atomic mass is 10.1. The zero-order chi connectivity index (χ0) is 16.6. The van der Waals surface area contributed by atoms with E-state index >= 15 is 0 Å². The zero-order valence-electron chi connectivity index (χ0n) is 12.3. The Labute approximate surface area is 129 Å². The van der Waals surface area contributed by atoms with Crippen LogP contribution in [0.2, 0.25) is 0 Å². The molecule has 1 aliphatic heterocycles. The van der Waals surface area contributed by atoms with Crippen LogP contribution in [0.3, 0.4) is 0 Å². The first-order valence-corrected chi connectivity index (χ1v) is 7.25. The van der Waals surface area contributed by atoms with Crippen LogP contribution >= 0.6 is 0 Å². The molecule has 0 unspecified atom stereocenters. The minimum atomic E-state index is -4.56. The lowest BCUT2D eigenvalue weighted by Crippen LogP contribution is -2.33. The molecule has 23 heavy (non-hydrogen) atoms. The summed E-state index contributed by atoms with van der Waals surface area (Å²) in [5.41, 5.74) is -1.35. The number of hydrogen-bond acceptors (Lipinski definition) is 4. The first kappa shape index (κ1) is 15.5. The number of amides is 1. The van der Waals surface area contributed by atoms with E-state index in [1.807, 2.05) is 12.0 Å². The van der Waals surface area contributed by atoms with Crippen molar-refractivity contribution in [2.24, 2.45) is 0 Å². The quantitative estimate of drug-likeness (QED) is 0.900. The number of aryl methyl sites for hydroxylation is 2. The number of carbonyl (C=O) groups excluding carboxylic acids is 1. The molecule has 124 valence electrons. The van der Waals surface area contributed by atoms with E-state index in [9.17, 15) is 18.0 Å². The molecule has 0 saturated heterocycles. The van der Waals surface area contributed by atoms with Gasteiger partial charge in [0.1, 0.15) is 11.5 Å². The molecule has 3 rings (SSSR count). The fraction of sp³-hybridized carbons (Fsp3) is 0.538. The normalized spacial score (nSPS) is 17.8. The van der Waals surface area contributed by atoms with Crippen molar-refractivity contribution >= 4 is 5.91 Å². The number of carbonyl (C=O) groups is 1. The molecule has 0 saturated carbocycles. The van der Waals surface area contributed by atoms with Gasteiger partial charge in [-0.15, -0.1) is 0 Å². The molecule has 3 heterocycles. The Balaban J connectivity index is 1.76. The Morgan fingerprint density at radius 2 is 2.30 bits per heavy atom. The predicted molar refractivity (Wildman–Crippen MR) is 72.4 cm³/mol. The van der Waals surface area contributed by atoms with E-state index in [4.69, 9.17) is 0 Å². The summed E-state index contributed by atoms with van der Waals surface area (Å²) < 4.78 is 39.3. The lowest BCUT2D eigenvalue weighted by molar-refractivity contribution is -0.141. The Morgan fingerprint density at radius 1 is 1.52 bits per heavy atom. The Morgan fingerprint density at radius 3 is 2.96 bits per heavy atom. The van der Waals surface area contributed by atoms with E-state index in [0.29, 0.717) is 30.6 Å². The maximum Gasteiger partial charge on any atom is 0.432 e. The van der Waals surface area contributed by atoms with Crippen LogP contribution in [0.1, 0.15) is 53.6 Å². The fourth-order valence-corrected chi connectivity index (χ4v) is 2.50. The summed E-state index contributed by atoms with van der Waals surface area (Å²) in [4.78, 5) is 16.5. The summed E-state index contributed by atoms with van der Waals surface area (Å²) in [5, 5.41) is 12.3. The molecule has 0 spiro atoms. The van der Waals surface area contributed by atoms with Gasteiger partial charge < -0.3 is 5.32 Å². The van der Waals surface area contributed by atoms with Gasteiger partial charge in [-0.3, -0.25) is 9.89 Å². The number of fused-ring (bicyclic) bond motifs is 1. The molecule has 1 atom stereocenters. The van der Waals surface area contributed by atoms with Gasteiger partial charge in [0, 0.05) is 19.0 Å². The third kappa shape index (κ3) is 3.06. The second-order valence-electron chi connectivity index (χ2n) is 5.30. The number of aromatic nitrogens is 5. The molecule has 0 bridgehead atoms. The topological polar surface area (TPSA) is 88.5 Å². The van der Waals surface area contributed by atoms with Gasteiger partial charge in [0.05, 0.1) is 6.04 Å². The summed E-state index contributed by atoms with van der Waals surface area (Å²) in [6.45, 7) is 2.65. The number of halogens is 3. The van der Waals surface area contributed by atoms with E-state index in [1.165, 1.54) is 0 Å². The van der Waals surface area contributed by atoms with E-state index < -0.39 is 17.8 Å². The molecule has 1 aliphatic rings. The van der Waals surface area contributed by atoms with Crippen LogP contribution < -0.4 is 5.32 Å². The zero-order valence-corrected chi connectivity index (χ0v) is 12.3. The summed E-state index contributed by atoms with van der Waals surface area (Å²) >= 11 is 0. The van der Waals surface area contributed by atoms with Crippen LogP contribution in [0.5, 0.6) is 0 Å². The van der Waals surface area contributed by atoms with E-state index in [0.717, 1.165) is 13.0 Å². The number of nitrogens with zero attached hydrogens (tertiary/aromatic N) is 4. The van der Waals surface area contributed by atoms with Crippen molar-refractivity contribution in [2.75, 3.05) is 0 Å². The molecule has 0 aliphatic carbocycles. The standard InChI is InChI=1S/C13H15F3N6O/c1-2-10-18-11-7(4-3-5-22(11)21-10)17-12(23)8-6-9(20-19-8)13(14,15)16/h6-7H,2-5H2,1H3,(H,17,23)(H,19,20)/t7-/m1/s1. The largest absolute Gasteiger partial charge is 0.432 e. The van der Waals surface area contributed by atoms with Gasteiger partial charge in [-0.05, 0) is 12.8 Å². The van der Waals surface area contributed by atoms with Gasteiger partial charge in [0.15, 0.2) is 11.5 Å². The molecule has 0 aromatic carbocycles. The van der Waals surface area contributed by atoms with E-state index in [1.54, 1.807) is 4.68 Å². The average Bonchev–Trinajstić information content (AvgIpc) is 3.13. The monoisotopic (exact) mass is 328 g/mol. The minimum Gasteiger partial charge on any atom is -0.341 e. The summed E-state index contributed by atoms with van der Waals surface area (Å²) in [5.74, 6) is 0.643. The van der Waals surface area contributed by atoms with Gasteiger partial charge in [0.2, 0.25) is 0 Å². The van der Waals surface area contributed by atoms with Gasteiger partial charge in [-0.25, -0.2) is 9.67 Å². The maximum absolute atomic E-state index is 12.5. The predicted octanol–water partition coefficient (Wildman–Crippen LogP) is 1.85. The number of aromatic amines is 1. The maximum atomic E-state index is 12.5. The Hall–Kier alpha value is -2.39. The van der Waals surface area contributed by atoms with Crippen molar-refractivity contribution in [3.63, 3.8) is 0 Å². The van der Waals surface area contributed by atoms with Crippen LogP contribution in [0.25, 0.3) is 0 Å². The van der Waals surface area contributed by atoms with Crippen molar-refractivity contribution in [2.45, 2.75) is 44.9 Å². The third-order valence-corrected chi connectivity index (χ3v) is 3.66. The average molecular weight is 328 g/mol. The lowest BCUT2D eigenvalue weighted by Gasteiger charge is -2.22. The van der Waals surface area contributed by atoms with Gasteiger partial charge in [0.25, 0.3) is 5.91 Å². The molecular formula is C13H15F3N6O. The van der Waals surface area contributed by atoms with Crippen LogP contribution in [0, 0.1) is 0 Å². The number of nitrogens with one attached hydrogen (secondary N) is 2. The number of rotatable bonds is 3. The first-order valence-electron chi connectivity index (χ1n) is 7.25. The number of hydrogen-bond donors (Lipinski definition) is 2. The van der Waals surface area contributed by atoms with Crippen LogP contribution in [0.4, 0.5) is 13.2 Å². The molecule has 7 nitrogen and oxygen atoms in total. The summed E-state index contributed by atoms with van der Waals surface area (Å²) in [7, 11) is 0. The van der Waals surface area contributed by atoms with Crippen molar-refractivity contribution in [1.82, 2.24) is 30.3 Å². The van der Waals surface area contributed by atoms with Crippen molar-refractivity contribution in [3.8, 4) is 0 Å². The highest BCUT2D eigenvalue weighted by atomic mass is 19.4. The highest BCUT2D eigenvalue weighted by molar-refractivity contribution is 5.92. The second-order valence-corrected chi connectivity index (χ2v) is 5.30. The van der Waals surface area contributed by atoms with Crippen molar-refractivity contribution in [1.29, 1.82) is 0 Å². The molecule has 0 radical (unpaired) electrons. The van der Waals surface area contributed by atoms with Crippen molar-refractivity contribution < 1.29 is 18.0 Å². The second kappa shape index (κ2) is 5.67. The van der Waals surface area contributed by atoms with Gasteiger partial charge >= 0.3 is 6.18 Å². The Kier molecular flexibility index (Phi) is 3.82. The van der Waals surface area contributed by atoms with E-state index in [2.05, 4.69) is 20.5 Å². The highest BCUT2D eigenvalue weighted by Crippen LogP contribution is 2.28. The summed E-state index contributed by atoms with van der Waals surface area (Å²) in [6.07, 6.45) is -2.43. The molecular weight excluding hydrogens is 313 g/mol. The first-order chi connectivity index (χ1) is 10.9. The Bertz CT molecular complexity index is 720. The highest BCUT2D eigenvalue weighted by Gasteiger charge is 2.34. The number of H-pyrrole nitrogens is 1. The fourth-order valence-electron chi connectivity index (χ4n) is 2.50. The van der Waals surface area contributed by atoms with Crippen LogP contribution in [-0.4, -0.2) is 30.9 Å². The molecule has 2 N–H and O–H groups in total. The van der Waals surface area contributed by atoms with E-state index in [-0.39, 0.29) is 11.7 Å². The van der Waals surface area contributed by atoms with Crippen LogP contribution in [-0.2, 0) is 19.1 Å². The molecule has 2 aromatic rings. The SMILES string of the molecule is CCc1nc2n(n1)CCC[C@H]2NC(=O)c1cc(C(F)(F)F)[nH]n1. The van der Waals surface area contributed by atoms with Crippen LogP contribution in [0.15, 0.2) is 6.07 Å². The summed E-state index contributed by atoms with van der Waals surface area (Å²) in [6, 6.07) is 0.315. The molecule has 2 aromatic heterocycles.